The molecule has 478 valence electrons. The van der Waals surface area contributed by atoms with E-state index < -0.39 is 12.1 Å². The molecule has 0 bridgehead atoms. The lowest BCUT2D eigenvalue weighted by molar-refractivity contribution is -0.143. The van der Waals surface area contributed by atoms with Crippen LogP contribution in [0, 0.1) is 0 Å². The maximum absolute atomic E-state index is 12.5. The fourth-order valence-electron chi connectivity index (χ4n) is 11.6. The van der Waals surface area contributed by atoms with Crippen molar-refractivity contribution in [2.45, 2.75) is 418 Å². The van der Waals surface area contributed by atoms with Crippen molar-refractivity contribution in [3.05, 3.63) is 36.5 Å². The van der Waals surface area contributed by atoms with Gasteiger partial charge in [-0.25, -0.2) is 0 Å². The van der Waals surface area contributed by atoms with Crippen molar-refractivity contribution in [3.8, 4) is 0 Å². The Kier molecular flexibility index (Phi) is 68.9. The number of hydrogen-bond donors (Lipinski definition) is 3. The van der Waals surface area contributed by atoms with Gasteiger partial charge in [-0.1, -0.05) is 365 Å². The number of allylic oxidation sites excluding steroid dienone is 5. The van der Waals surface area contributed by atoms with E-state index in [4.69, 9.17) is 4.74 Å². The van der Waals surface area contributed by atoms with Gasteiger partial charge in [-0.05, 0) is 64.2 Å². The fraction of sp³-hybridized carbons (Fsp3) is 0.893. The Labute approximate surface area is 506 Å². The van der Waals surface area contributed by atoms with Gasteiger partial charge in [0.05, 0.1) is 25.4 Å². The second kappa shape index (κ2) is 70.6. The van der Waals surface area contributed by atoms with E-state index in [9.17, 15) is 19.8 Å². The maximum Gasteiger partial charge on any atom is 0.305 e. The van der Waals surface area contributed by atoms with Crippen molar-refractivity contribution in [3.63, 3.8) is 0 Å². The molecule has 0 rings (SSSR count). The minimum absolute atomic E-state index is 0.0140. The summed E-state index contributed by atoms with van der Waals surface area (Å²) in [4.78, 5) is 24.6. The number of carbonyl (C=O) groups excluding carboxylic acids is 2. The summed E-state index contributed by atoms with van der Waals surface area (Å²) in [7, 11) is 0. The normalized spacial score (nSPS) is 12.7. The summed E-state index contributed by atoms with van der Waals surface area (Å²) < 4.78 is 5.51. The summed E-state index contributed by atoms with van der Waals surface area (Å²) in [6, 6.07) is -0.624. The molecule has 0 aromatic rings. The predicted octanol–water partition coefficient (Wildman–Crippen LogP) is 23.9. The van der Waals surface area contributed by atoms with Gasteiger partial charge in [0.1, 0.15) is 0 Å². The number of hydrogen-bond acceptors (Lipinski definition) is 5. The molecule has 0 aromatic carbocycles. The van der Waals surface area contributed by atoms with Crippen LogP contribution in [0.25, 0.3) is 0 Å². The van der Waals surface area contributed by atoms with Crippen LogP contribution in [0.4, 0.5) is 0 Å². The number of nitrogens with one attached hydrogen (secondary N) is 1. The van der Waals surface area contributed by atoms with Crippen LogP contribution in [0.15, 0.2) is 36.5 Å². The highest BCUT2D eigenvalue weighted by atomic mass is 16.5. The molecule has 6 heteroatoms. The predicted molar refractivity (Wildman–Crippen MR) is 356 cm³/mol. The molecule has 0 saturated heterocycles. The third kappa shape index (κ3) is 67.1. The molecule has 0 spiro atoms. The van der Waals surface area contributed by atoms with E-state index >= 15 is 0 Å². The van der Waals surface area contributed by atoms with Gasteiger partial charge in [0.25, 0.3) is 0 Å². The first-order valence-corrected chi connectivity index (χ1v) is 36.8. The highest BCUT2D eigenvalue weighted by molar-refractivity contribution is 5.76. The highest BCUT2D eigenvalue weighted by Gasteiger charge is 2.18. The molecule has 0 aliphatic heterocycles. The molecule has 0 aliphatic rings. The smallest absolute Gasteiger partial charge is 0.305 e. The van der Waals surface area contributed by atoms with E-state index in [2.05, 4.69) is 43.5 Å². The van der Waals surface area contributed by atoms with Gasteiger partial charge >= 0.3 is 5.97 Å². The molecule has 0 fully saturated rings. The maximum atomic E-state index is 12.5. The van der Waals surface area contributed by atoms with Crippen LogP contribution in [0.2, 0.25) is 0 Å². The van der Waals surface area contributed by atoms with Crippen LogP contribution in [0.5, 0.6) is 0 Å². The van der Waals surface area contributed by atoms with E-state index in [0.29, 0.717) is 19.4 Å². The van der Waals surface area contributed by atoms with E-state index in [1.54, 1.807) is 6.08 Å². The summed E-state index contributed by atoms with van der Waals surface area (Å²) in [5.74, 6) is -0.0475. The average molecular weight is 1140 g/mol. The van der Waals surface area contributed by atoms with Crippen LogP contribution >= 0.6 is 0 Å². The van der Waals surface area contributed by atoms with Crippen LogP contribution in [-0.4, -0.2) is 47.4 Å². The molecule has 6 nitrogen and oxygen atoms in total. The van der Waals surface area contributed by atoms with Crippen molar-refractivity contribution in [2.75, 3.05) is 13.2 Å². The van der Waals surface area contributed by atoms with Crippen LogP contribution < -0.4 is 5.32 Å². The van der Waals surface area contributed by atoms with Gasteiger partial charge in [0, 0.05) is 12.8 Å². The number of unbranched alkanes of at least 4 members (excludes halogenated alkanes) is 54. The summed E-state index contributed by atoms with van der Waals surface area (Å²) in [6.45, 7) is 4.91. The molecular weight excluding hydrogens is 995 g/mol. The van der Waals surface area contributed by atoms with E-state index in [1.165, 1.54) is 327 Å². The molecule has 81 heavy (non-hydrogen) atoms. The summed E-state index contributed by atoms with van der Waals surface area (Å²) in [5.41, 5.74) is 0. The number of aliphatic hydroxyl groups is 2. The van der Waals surface area contributed by atoms with Crippen molar-refractivity contribution in [1.82, 2.24) is 5.32 Å². The average Bonchev–Trinajstić information content (AvgIpc) is 3.47. The van der Waals surface area contributed by atoms with Gasteiger partial charge in [-0.15, -0.1) is 0 Å². The van der Waals surface area contributed by atoms with Gasteiger partial charge in [0.15, 0.2) is 0 Å². The van der Waals surface area contributed by atoms with Crippen molar-refractivity contribution in [2.24, 2.45) is 0 Å². The SMILES string of the molecule is CCCCCC/C=C\C/C=C\CCCCCCCCCC(=O)OCCCCCCCCCCCCCCCCCCCCCCCCCCCCCCCCCCC(=O)NC(CO)C(O)/C=C/CCCCCCCCCCCCCC. The third-order valence-corrected chi connectivity index (χ3v) is 17.2. The number of amides is 1. The fourth-order valence-corrected chi connectivity index (χ4v) is 11.6. The van der Waals surface area contributed by atoms with Gasteiger partial charge in [-0.2, -0.15) is 0 Å². The lowest BCUT2D eigenvalue weighted by Gasteiger charge is -2.20. The van der Waals surface area contributed by atoms with E-state index in [1.807, 2.05) is 6.08 Å². The first-order chi connectivity index (χ1) is 40.0. The zero-order valence-electron chi connectivity index (χ0n) is 54.8. The molecule has 2 unspecified atom stereocenters. The first-order valence-electron chi connectivity index (χ1n) is 36.8. The van der Waals surface area contributed by atoms with E-state index in [0.717, 1.165) is 51.4 Å². The van der Waals surface area contributed by atoms with Gasteiger partial charge in [0.2, 0.25) is 5.91 Å². The molecule has 0 aromatic heterocycles. The van der Waals surface area contributed by atoms with Gasteiger partial charge < -0.3 is 20.3 Å². The topological polar surface area (TPSA) is 95.9 Å². The summed E-state index contributed by atoms with van der Waals surface area (Å²) in [5, 5.41) is 23.2. The lowest BCUT2D eigenvalue weighted by atomic mass is 10.0. The Hall–Kier alpha value is -1.92. The van der Waals surface area contributed by atoms with Gasteiger partial charge in [-0.3, -0.25) is 9.59 Å². The van der Waals surface area contributed by atoms with Crippen molar-refractivity contribution in [1.29, 1.82) is 0 Å². The molecule has 0 heterocycles. The number of ether oxygens (including phenoxy) is 1. The molecule has 1 amide bonds. The van der Waals surface area contributed by atoms with Crippen molar-refractivity contribution >= 4 is 11.9 Å². The Balaban J connectivity index is 3.32. The van der Waals surface area contributed by atoms with Crippen LogP contribution in [0.1, 0.15) is 406 Å². The minimum atomic E-state index is -0.841. The number of carbonyl (C=O) groups is 2. The van der Waals surface area contributed by atoms with Crippen molar-refractivity contribution < 1.29 is 24.5 Å². The Morgan fingerprint density at radius 1 is 0.346 bits per heavy atom. The zero-order valence-corrected chi connectivity index (χ0v) is 54.8. The number of esters is 1. The quantitative estimate of drug-likeness (QED) is 0.0320. The summed E-state index contributed by atoms with van der Waals surface area (Å²) in [6.07, 6.45) is 91.0. The first kappa shape index (κ1) is 79.1. The standard InChI is InChI=1S/C75H143NO5/c1-3-5-7-9-11-13-15-17-19-20-38-41-45-49-53-57-61-65-69-75(80)81-70-66-62-58-54-50-46-42-39-36-34-32-30-28-26-24-22-21-23-25-27-29-31-33-35-37-40-44-48-52-56-60-64-68-74(79)76-72(71-77)73(78)67-63-59-55-51-47-43-18-16-14-12-10-8-6-4-2/h13,15,19-20,63,67,72-73,77-78H,3-12,14,16-18,21-62,64-66,68-71H2,1-2H3,(H,76,79)/b15-13-,20-19-,67-63+. The molecule has 0 radical (unpaired) electrons. The Morgan fingerprint density at radius 2 is 0.617 bits per heavy atom. The van der Waals surface area contributed by atoms with Crippen LogP contribution in [-0.2, 0) is 14.3 Å². The second-order valence-electron chi connectivity index (χ2n) is 25.3. The number of rotatable bonds is 69. The Morgan fingerprint density at radius 3 is 0.951 bits per heavy atom. The molecule has 0 saturated carbocycles. The van der Waals surface area contributed by atoms with Crippen LogP contribution in [0.3, 0.4) is 0 Å². The number of aliphatic hydroxyl groups excluding tert-OH is 2. The highest BCUT2D eigenvalue weighted by Crippen LogP contribution is 2.19. The molecule has 0 aliphatic carbocycles. The largest absolute Gasteiger partial charge is 0.466 e. The monoisotopic (exact) mass is 1140 g/mol. The van der Waals surface area contributed by atoms with E-state index in [-0.39, 0.29) is 18.5 Å². The molecule has 3 N–H and O–H groups in total. The third-order valence-electron chi connectivity index (χ3n) is 17.2. The minimum Gasteiger partial charge on any atom is -0.466 e. The Bertz CT molecular complexity index is 1310. The zero-order chi connectivity index (χ0) is 58.5. The molecule has 2 atom stereocenters. The lowest BCUT2D eigenvalue weighted by Crippen LogP contribution is -2.45. The summed E-state index contributed by atoms with van der Waals surface area (Å²) >= 11 is 0. The second-order valence-corrected chi connectivity index (χ2v) is 25.3. The molecular formula is C75H143NO5.